The Labute approximate surface area is 97.1 Å². The topological polar surface area (TPSA) is 29.1 Å². The lowest BCUT2D eigenvalue weighted by Crippen LogP contribution is -2.11. The van der Waals surface area contributed by atoms with Gasteiger partial charge in [0.25, 0.3) is 0 Å². The summed E-state index contributed by atoms with van der Waals surface area (Å²) in [6.45, 7) is 4.24. The summed E-state index contributed by atoms with van der Waals surface area (Å²) in [5.41, 5.74) is 3.42. The Hall–Kier alpha value is -1.31. The lowest BCUT2D eigenvalue weighted by molar-refractivity contribution is -0.117. The van der Waals surface area contributed by atoms with Gasteiger partial charge in [-0.2, -0.15) is 0 Å². The zero-order chi connectivity index (χ0) is 11.5. The average Bonchev–Trinajstić information content (AvgIpc) is 2.58. The van der Waals surface area contributed by atoms with Crippen LogP contribution in [0.5, 0.6) is 0 Å². The molecule has 0 saturated heterocycles. The molecule has 86 valence electrons. The monoisotopic (exact) mass is 217 g/mol. The van der Waals surface area contributed by atoms with E-state index in [-0.39, 0.29) is 11.8 Å². The number of carbonyl (C=O) groups is 1. The number of para-hydroxylation sites is 1. The minimum Gasteiger partial charge on any atom is -0.325 e. The van der Waals surface area contributed by atoms with Crippen LogP contribution in [0.25, 0.3) is 0 Å². The maximum Gasteiger partial charge on any atom is 0.232 e. The van der Waals surface area contributed by atoms with Gasteiger partial charge in [0, 0.05) is 5.69 Å². The highest BCUT2D eigenvalue weighted by atomic mass is 16.2. The third-order valence-electron chi connectivity index (χ3n) is 3.34. The standard InChI is InChI=1S/C14H19NO/c1-3-4-5-8-12-11-9-6-7-10(2)13(11)15-14(12)16/h6-7,9,12H,3-5,8H2,1-2H3,(H,15,16). The van der Waals surface area contributed by atoms with Crippen LogP contribution >= 0.6 is 0 Å². The van der Waals surface area contributed by atoms with E-state index in [0.717, 1.165) is 18.5 Å². The fourth-order valence-corrected chi connectivity index (χ4v) is 2.39. The molecule has 2 rings (SSSR count). The molecule has 0 aromatic heterocycles. The molecule has 1 N–H and O–H groups in total. The number of carbonyl (C=O) groups excluding carboxylic acids is 1. The molecule has 1 atom stereocenters. The van der Waals surface area contributed by atoms with Crippen molar-refractivity contribution in [3.8, 4) is 0 Å². The van der Waals surface area contributed by atoms with Gasteiger partial charge in [0.1, 0.15) is 0 Å². The Morgan fingerprint density at radius 3 is 2.88 bits per heavy atom. The molecule has 1 aliphatic rings. The molecule has 0 saturated carbocycles. The van der Waals surface area contributed by atoms with Crippen molar-refractivity contribution in [2.75, 3.05) is 5.32 Å². The predicted octanol–water partition coefficient (Wildman–Crippen LogP) is 3.61. The van der Waals surface area contributed by atoms with Gasteiger partial charge in [-0.25, -0.2) is 0 Å². The first kappa shape index (κ1) is 11.2. The highest BCUT2D eigenvalue weighted by molar-refractivity contribution is 6.03. The summed E-state index contributed by atoms with van der Waals surface area (Å²) in [4.78, 5) is 11.9. The first-order chi connectivity index (χ1) is 7.74. The van der Waals surface area contributed by atoms with Gasteiger partial charge in [0.05, 0.1) is 5.92 Å². The van der Waals surface area contributed by atoms with E-state index in [4.69, 9.17) is 0 Å². The van der Waals surface area contributed by atoms with Crippen molar-refractivity contribution < 1.29 is 4.79 Å². The number of hydrogen-bond donors (Lipinski definition) is 1. The number of aryl methyl sites for hydroxylation is 1. The number of nitrogens with one attached hydrogen (secondary N) is 1. The smallest absolute Gasteiger partial charge is 0.232 e. The summed E-state index contributed by atoms with van der Waals surface area (Å²) in [6.07, 6.45) is 4.54. The van der Waals surface area contributed by atoms with E-state index >= 15 is 0 Å². The molecular formula is C14H19NO. The quantitative estimate of drug-likeness (QED) is 0.767. The molecule has 0 aliphatic carbocycles. The van der Waals surface area contributed by atoms with Gasteiger partial charge >= 0.3 is 0 Å². The zero-order valence-corrected chi connectivity index (χ0v) is 10.0. The SMILES string of the molecule is CCCCCC1C(=O)Nc2c(C)cccc21. The molecule has 1 aromatic rings. The molecule has 16 heavy (non-hydrogen) atoms. The number of anilines is 1. The van der Waals surface area contributed by atoms with E-state index in [1.807, 2.05) is 19.1 Å². The molecule has 0 fully saturated rings. The summed E-state index contributed by atoms with van der Waals surface area (Å²) < 4.78 is 0. The van der Waals surface area contributed by atoms with Crippen molar-refractivity contribution >= 4 is 11.6 Å². The summed E-state index contributed by atoms with van der Waals surface area (Å²) >= 11 is 0. The van der Waals surface area contributed by atoms with Crippen molar-refractivity contribution in [3.05, 3.63) is 29.3 Å². The van der Waals surface area contributed by atoms with Crippen LogP contribution in [0.2, 0.25) is 0 Å². The second kappa shape index (κ2) is 4.69. The van der Waals surface area contributed by atoms with Crippen LogP contribution in [0, 0.1) is 6.92 Å². The summed E-state index contributed by atoms with van der Waals surface area (Å²) in [7, 11) is 0. The number of unbranched alkanes of at least 4 members (excludes halogenated alkanes) is 2. The van der Waals surface area contributed by atoms with Gasteiger partial charge in [-0.05, 0) is 24.5 Å². The normalized spacial score (nSPS) is 18.4. The Morgan fingerprint density at radius 1 is 1.31 bits per heavy atom. The van der Waals surface area contributed by atoms with Crippen molar-refractivity contribution in [3.63, 3.8) is 0 Å². The van der Waals surface area contributed by atoms with E-state index in [1.165, 1.54) is 24.0 Å². The lowest BCUT2D eigenvalue weighted by atomic mass is 9.93. The van der Waals surface area contributed by atoms with E-state index in [2.05, 4.69) is 18.3 Å². The molecule has 1 unspecified atom stereocenters. The Balaban J connectivity index is 2.16. The maximum absolute atomic E-state index is 11.9. The van der Waals surface area contributed by atoms with Gasteiger partial charge < -0.3 is 5.32 Å². The van der Waals surface area contributed by atoms with Crippen LogP contribution in [0.4, 0.5) is 5.69 Å². The number of fused-ring (bicyclic) bond motifs is 1. The first-order valence-electron chi connectivity index (χ1n) is 6.14. The first-order valence-corrected chi connectivity index (χ1v) is 6.14. The largest absolute Gasteiger partial charge is 0.325 e. The third kappa shape index (κ3) is 1.97. The second-order valence-corrected chi connectivity index (χ2v) is 4.58. The third-order valence-corrected chi connectivity index (χ3v) is 3.34. The van der Waals surface area contributed by atoms with Crippen LogP contribution in [0.1, 0.15) is 49.7 Å². The van der Waals surface area contributed by atoms with Crippen LogP contribution in [0.15, 0.2) is 18.2 Å². The summed E-state index contributed by atoms with van der Waals surface area (Å²) in [5.74, 6) is 0.266. The summed E-state index contributed by atoms with van der Waals surface area (Å²) in [6, 6.07) is 6.17. The van der Waals surface area contributed by atoms with E-state index in [1.54, 1.807) is 0 Å². The Bertz CT molecular complexity index is 398. The fourth-order valence-electron chi connectivity index (χ4n) is 2.39. The van der Waals surface area contributed by atoms with Gasteiger partial charge in [0.15, 0.2) is 0 Å². The molecule has 2 heteroatoms. The Morgan fingerprint density at radius 2 is 2.12 bits per heavy atom. The number of hydrogen-bond acceptors (Lipinski definition) is 1. The van der Waals surface area contributed by atoms with Crippen LogP contribution in [-0.4, -0.2) is 5.91 Å². The predicted molar refractivity (Wildman–Crippen MR) is 66.7 cm³/mol. The maximum atomic E-state index is 11.9. The molecular weight excluding hydrogens is 198 g/mol. The van der Waals surface area contributed by atoms with Gasteiger partial charge in [-0.1, -0.05) is 44.4 Å². The van der Waals surface area contributed by atoms with Gasteiger partial charge in [0.2, 0.25) is 5.91 Å². The zero-order valence-electron chi connectivity index (χ0n) is 10.0. The lowest BCUT2D eigenvalue weighted by Gasteiger charge is -2.08. The van der Waals surface area contributed by atoms with Crippen molar-refractivity contribution in [1.29, 1.82) is 0 Å². The molecule has 0 radical (unpaired) electrons. The fraction of sp³-hybridized carbons (Fsp3) is 0.500. The summed E-state index contributed by atoms with van der Waals surface area (Å²) in [5, 5.41) is 3.00. The molecule has 1 aromatic carbocycles. The number of rotatable bonds is 4. The molecule has 1 aliphatic heterocycles. The second-order valence-electron chi connectivity index (χ2n) is 4.58. The molecule has 2 nitrogen and oxygen atoms in total. The van der Waals surface area contributed by atoms with Gasteiger partial charge in [-0.3, -0.25) is 4.79 Å². The average molecular weight is 217 g/mol. The molecule has 0 bridgehead atoms. The van der Waals surface area contributed by atoms with Crippen LogP contribution in [0.3, 0.4) is 0 Å². The number of amides is 1. The van der Waals surface area contributed by atoms with E-state index < -0.39 is 0 Å². The van der Waals surface area contributed by atoms with Crippen LogP contribution < -0.4 is 5.32 Å². The highest BCUT2D eigenvalue weighted by Crippen LogP contribution is 2.37. The van der Waals surface area contributed by atoms with Crippen molar-refractivity contribution in [2.24, 2.45) is 0 Å². The minimum atomic E-state index is 0.0847. The van der Waals surface area contributed by atoms with Crippen LogP contribution in [-0.2, 0) is 4.79 Å². The molecule has 1 amide bonds. The highest BCUT2D eigenvalue weighted by Gasteiger charge is 2.30. The minimum absolute atomic E-state index is 0.0847. The van der Waals surface area contributed by atoms with Crippen molar-refractivity contribution in [1.82, 2.24) is 0 Å². The Kier molecular flexibility index (Phi) is 3.28. The molecule has 1 heterocycles. The van der Waals surface area contributed by atoms with E-state index in [0.29, 0.717) is 0 Å². The molecule has 0 spiro atoms. The van der Waals surface area contributed by atoms with Crippen molar-refractivity contribution in [2.45, 2.75) is 45.4 Å². The van der Waals surface area contributed by atoms with Gasteiger partial charge in [-0.15, -0.1) is 0 Å². The number of benzene rings is 1. The van der Waals surface area contributed by atoms with E-state index in [9.17, 15) is 4.79 Å².